The van der Waals surface area contributed by atoms with E-state index < -0.39 is 12.0 Å². The largest absolute Gasteiger partial charge is 0.480 e. The number of aliphatic carboxylic acids is 1. The van der Waals surface area contributed by atoms with Crippen LogP contribution in [0.5, 0.6) is 0 Å². The van der Waals surface area contributed by atoms with Crippen molar-refractivity contribution in [3.8, 4) is 0 Å². The first-order valence-corrected chi connectivity index (χ1v) is 7.60. The molecule has 1 aromatic carbocycles. The molecule has 1 atom stereocenters. The second-order valence-corrected chi connectivity index (χ2v) is 6.22. The van der Waals surface area contributed by atoms with Crippen LogP contribution in [0.1, 0.15) is 30.9 Å². The molecule has 98 valence electrons. The minimum Gasteiger partial charge on any atom is -0.480 e. The van der Waals surface area contributed by atoms with Gasteiger partial charge in [0, 0.05) is 8.95 Å². The third-order valence-electron chi connectivity index (χ3n) is 3.25. The number of hydrogen-bond donors (Lipinski definition) is 1. The average molecular weight is 377 g/mol. The molecule has 1 N–H and O–H groups in total. The monoisotopic (exact) mass is 375 g/mol. The van der Waals surface area contributed by atoms with Crippen molar-refractivity contribution in [2.75, 3.05) is 13.1 Å². The van der Waals surface area contributed by atoms with Gasteiger partial charge in [-0.2, -0.15) is 0 Å². The summed E-state index contributed by atoms with van der Waals surface area (Å²) in [6.45, 7) is 1.73. The van der Waals surface area contributed by atoms with Crippen LogP contribution in [0.15, 0.2) is 27.1 Å². The van der Waals surface area contributed by atoms with Gasteiger partial charge >= 0.3 is 5.97 Å². The van der Waals surface area contributed by atoms with Gasteiger partial charge in [-0.1, -0.05) is 12.5 Å². The fourth-order valence-corrected chi connectivity index (χ4v) is 3.01. The summed E-state index contributed by atoms with van der Waals surface area (Å²) in [4.78, 5) is 13.6. The molecule has 1 saturated heterocycles. The van der Waals surface area contributed by atoms with Crippen LogP contribution >= 0.6 is 31.9 Å². The van der Waals surface area contributed by atoms with E-state index in [4.69, 9.17) is 0 Å². The highest BCUT2D eigenvalue weighted by Gasteiger charge is 2.28. The smallest absolute Gasteiger partial charge is 0.325 e. The Morgan fingerprint density at radius 3 is 2.39 bits per heavy atom. The van der Waals surface area contributed by atoms with Crippen molar-refractivity contribution < 1.29 is 9.90 Å². The maximum Gasteiger partial charge on any atom is 0.325 e. The molecule has 1 aliphatic rings. The molecule has 5 heteroatoms. The molecule has 3 nitrogen and oxygen atoms in total. The fraction of sp³-hybridized carbons (Fsp3) is 0.462. The average Bonchev–Trinajstić information content (AvgIpc) is 2.35. The predicted octanol–water partition coefficient (Wildman–Crippen LogP) is 3.82. The van der Waals surface area contributed by atoms with Crippen molar-refractivity contribution in [3.63, 3.8) is 0 Å². The molecule has 1 heterocycles. The molecule has 18 heavy (non-hydrogen) atoms. The maximum atomic E-state index is 11.5. The first kappa shape index (κ1) is 14.0. The summed E-state index contributed by atoms with van der Waals surface area (Å²) in [5, 5.41) is 9.47. The van der Waals surface area contributed by atoms with Crippen LogP contribution < -0.4 is 0 Å². The molecule has 0 aliphatic carbocycles. The van der Waals surface area contributed by atoms with Crippen molar-refractivity contribution >= 4 is 37.8 Å². The highest BCUT2D eigenvalue weighted by Crippen LogP contribution is 2.30. The molecule has 0 saturated carbocycles. The van der Waals surface area contributed by atoms with Crippen molar-refractivity contribution in [1.29, 1.82) is 0 Å². The SMILES string of the molecule is O=C(O)C(c1ccc(Br)c(Br)c1)N1CCCCC1. The molecule has 1 aliphatic heterocycles. The Balaban J connectivity index is 2.28. The Kier molecular flexibility index (Phi) is 4.81. The molecule has 1 aromatic rings. The number of benzene rings is 1. The number of carbonyl (C=O) groups is 1. The van der Waals surface area contributed by atoms with Crippen LogP contribution in [0.4, 0.5) is 0 Å². The number of halogens is 2. The van der Waals surface area contributed by atoms with Gasteiger partial charge in [-0.15, -0.1) is 0 Å². The van der Waals surface area contributed by atoms with Gasteiger partial charge in [0.05, 0.1) is 0 Å². The van der Waals surface area contributed by atoms with Gasteiger partial charge in [0.15, 0.2) is 0 Å². The minimum atomic E-state index is -0.772. The lowest BCUT2D eigenvalue weighted by Gasteiger charge is -2.32. The topological polar surface area (TPSA) is 40.5 Å². The van der Waals surface area contributed by atoms with Crippen LogP contribution in [0.25, 0.3) is 0 Å². The van der Waals surface area contributed by atoms with Gasteiger partial charge < -0.3 is 5.11 Å². The first-order chi connectivity index (χ1) is 8.59. The highest BCUT2D eigenvalue weighted by molar-refractivity contribution is 9.13. The lowest BCUT2D eigenvalue weighted by Crippen LogP contribution is -2.37. The van der Waals surface area contributed by atoms with Gasteiger partial charge in [-0.05, 0) is 75.5 Å². The Labute approximate surface area is 123 Å². The van der Waals surface area contributed by atoms with Gasteiger partial charge in [0.1, 0.15) is 6.04 Å². The lowest BCUT2D eigenvalue weighted by molar-refractivity contribution is -0.144. The zero-order chi connectivity index (χ0) is 13.1. The van der Waals surface area contributed by atoms with E-state index in [1.807, 2.05) is 18.2 Å². The van der Waals surface area contributed by atoms with Gasteiger partial charge in [-0.25, -0.2) is 0 Å². The zero-order valence-corrected chi connectivity index (χ0v) is 13.1. The Bertz CT molecular complexity index is 445. The highest BCUT2D eigenvalue weighted by atomic mass is 79.9. The van der Waals surface area contributed by atoms with Crippen LogP contribution in [0.3, 0.4) is 0 Å². The van der Waals surface area contributed by atoms with Crippen molar-refractivity contribution in [3.05, 3.63) is 32.7 Å². The molecule has 2 rings (SSSR count). The van der Waals surface area contributed by atoms with E-state index in [0.29, 0.717) is 0 Å². The summed E-state index contributed by atoms with van der Waals surface area (Å²) >= 11 is 6.83. The van der Waals surface area contributed by atoms with Gasteiger partial charge in [0.2, 0.25) is 0 Å². The van der Waals surface area contributed by atoms with Crippen molar-refractivity contribution in [1.82, 2.24) is 4.90 Å². The third-order valence-corrected chi connectivity index (χ3v) is 5.13. The molecule has 1 fully saturated rings. The number of rotatable bonds is 3. The zero-order valence-electron chi connectivity index (χ0n) is 9.90. The summed E-state index contributed by atoms with van der Waals surface area (Å²) in [6, 6.07) is 5.12. The summed E-state index contributed by atoms with van der Waals surface area (Å²) < 4.78 is 1.83. The van der Waals surface area contributed by atoms with Gasteiger partial charge in [0.25, 0.3) is 0 Å². The summed E-state index contributed by atoms with van der Waals surface area (Å²) in [6.07, 6.45) is 3.37. The maximum absolute atomic E-state index is 11.5. The molecule has 0 aromatic heterocycles. The van der Waals surface area contributed by atoms with Gasteiger partial charge in [-0.3, -0.25) is 9.69 Å². The van der Waals surface area contributed by atoms with E-state index in [9.17, 15) is 9.90 Å². The molecular weight excluding hydrogens is 362 g/mol. The third kappa shape index (κ3) is 3.13. The second-order valence-electron chi connectivity index (χ2n) is 4.51. The number of carboxylic acids is 1. The Morgan fingerprint density at radius 1 is 1.17 bits per heavy atom. The quantitative estimate of drug-likeness (QED) is 0.871. The minimum absolute atomic E-state index is 0.533. The molecule has 0 amide bonds. The molecular formula is C13H15Br2NO2. The molecule has 0 radical (unpaired) electrons. The molecule has 1 unspecified atom stereocenters. The number of nitrogens with zero attached hydrogens (tertiary/aromatic N) is 1. The van der Waals surface area contributed by atoms with Crippen LogP contribution in [0, 0.1) is 0 Å². The van der Waals surface area contributed by atoms with Crippen LogP contribution in [0.2, 0.25) is 0 Å². The summed E-state index contributed by atoms with van der Waals surface area (Å²) in [5.74, 6) is -0.772. The predicted molar refractivity (Wildman–Crippen MR) is 77.6 cm³/mol. The summed E-state index contributed by atoms with van der Waals surface area (Å²) in [7, 11) is 0. The lowest BCUT2D eigenvalue weighted by atomic mass is 10.0. The second kappa shape index (κ2) is 6.17. The number of carboxylic acid groups (broad SMARTS) is 1. The Hall–Kier alpha value is -0.390. The van der Waals surface area contributed by atoms with E-state index in [1.165, 1.54) is 6.42 Å². The van der Waals surface area contributed by atoms with E-state index >= 15 is 0 Å². The van der Waals surface area contributed by atoms with E-state index in [1.54, 1.807) is 0 Å². The molecule has 0 spiro atoms. The van der Waals surface area contributed by atoms with E-state index in [2.05, 4.69) is 36.8 Å². The molecule has 0 bridgehead atoms. The Morgan fingerprint density at radius 2 is 1.83 bits per heavy atom. The number of hydrogen-bond acceptors (Lipinski definition) is 2. The normalized spacial score (nSPS) is 18.6. The summed E-state index contributed by atoms with van der Waals surface area (Å²) in [5.41, 5.74) is 0.833. The van der Waals surface area contributed by atoms with Crippen LogP contribution in [-0.4, -0.2) is 29.1 Å². The van der Waals surface area contributed by atoms with E-state index in [-0.39, 0.29) is 0 Å². The van der Waals surface area contributed by atoms with Crippen LogP contribution in [-0.2, 0) is 4.79 Å². The number of likely N-dealkylation sites (tertiary alicyclic amines) is 1. The fourth-order valence-electron chi connectivity index (χ4n) is 2.37. The number of piperidine rings is 1. The van der Waals surface area contributed by atoms with Crippen molar-refractivity contribution in [2.24, 2.45) is 0 Å². The van der Waals surface area contributed by atoms with Crippen molar-refractivity contribution in [2.45, 2.75) is 25.3 Å². The van der Waals surface area contributed by atoms with E-state index in [0.717, 1.165) is 40.4 Å². The first-order valence-electron chi connectivity index (χ1n) is 6.01. The standard InChI is InChI=1S/C13H15Br2NO2/c14-10-5-4-9(8-11(10)15)12(13(17)18)16-6-2-1-3-7-16/h4-5,8,12H,1-3,6-7H2,(H,17,18).